The Morgan fingerprint density at radius 3 is 2.14 bits per heavy atom. The second-order valence-electron chi connectivity index (χ2n) is 7.39. The molecule has 5 nitrogen and oxygen atoms in total. The number of benzene rings is 1. The molecule has 29 heavy (non-hydrogen) atoms. The first-order valence-corrected chi connectivity index (χ1v) is 11.4. The highest BCUT2D eigenvalue weighted by Gasteiger charge is 2.49. The summed E-state index contributed by atoms with van der Waals surface area (Å²) in [4.78, 5) is 12.4. The second kappa shape index (κ2) is 8.51. The van der Waals surface area contributed by atoms with Crippen LogP contribution in [0.3, 0.4) is 0 Å². The van der Waals surface area contributed by atoms with Crippen LogP contribution in [0.2, 0.25) is 10.0 Å². The third kappa shape index (κ3) is 4.77. The Hall–Kier alpha value is -1.19. The summed E-state index contributed by atoms with van der Waals surface area (Å²) in [5.74, 6) is -1.23. The molecule has 1 amide bonds. The van der Waals surface area contributed by atoms with Crippen LogP contribution in [0.4, 0.5) is 13.2 Å². The predicted octanol–water partition coefficient (Wildman–Crippen LogP) is 5.02. The summed E-state index contributed by atoms with van der Waals surface area (Å²) >= 11 is 12.7. The van der Waals surface area contributed by atoms with Gasteiger partial charge in [0.1, 0.15) is 5.75 Å². The van der Waals surface area contributed by atoms with Crippen LogP contribution in [-0.2, 0) is 14.9 Å². The number of hydrogen-bond donors (Lipinski definition) is 1. The normalized spacial score (nSPS) is 22.4. The van der Waals surface area contributed by atoms with Gasteiger partial charge in [-0.05, 0) is 30.7 Å². The van der Waals surface area contributed by atoms with Crippen molar-refractivity contribution < 1.29 is 30.6 Å². The number of nitrogens with one attached hydrogen (secondary N) is 1. The quantitative estimate of drug-likeness (QED) is 0.481. The Kier molecular flexibility index (Phi) is 6.60. The van der Waals surface area contributed by atoms with Gasteiger partial charge in [0.25, 0.3) is 0 Å². The van der Waals surface area contributed by atoms with E-state index in [1.165, 1.54) is 0 Å². The molecule has 1 aliphatic heterocycles. The molecule has 2 aliphatic rings. The fourth-order valence-corrected chi connectivity index (χ4v) is 5.48. The maximum atomic E-state index is 12.6. The van der Waals surface area contributed by atoms with Gasteiger partial charge in [0, 0.05) is 40.6 Å². The Bertz CT molecular complexity index is 863. The van der Waals surface area contributed by atoms with E-state index in [0.717, 1.165) is 44.2 Å². The standard InChI is InChI=1S/C18H20Cl2F3NO4S/c19-13-8-11(28-29(26,27)18(21,22)23)9-14(20)16(13)15(10-4-2-1-3-5-10)12-6-7-24-17(12)25/h8-10,12,15H,1-7H2,(H,24,25). The van der Waals surface area contributed by atoms with Gasteiger partial charge in [-0.25, -0.2) is 0 Å². The monoisotopic (exact) mass is 473 g/mol. The lowest BCUT2D eigenvalue weighted by Gasteiger charge is -2.34. The van der Waals surface area contributed by atoms with Gasteiger partial charge in [-0.1, -0.05) is 42.5 Å². The van der Waals surface area contributed by atoms with Gasteiger partial charge >= 0.3 is 15.6 Å². The second-order valence-corrected chi connectivity index (χ2v) is 9.75. The van der Waals surface area contributed by atoms with Crippen molar-refractivity contribution in [2.24, 2.45) is 11.8 Å². The van der Waals surface area contributed by atoms with Crippen LogP contribution in [0.15, 0.2) is 12.1 Å². The maximum absolute atomic E-state index is 12.6. The molecule has 2 unspecified atom stereocenters. The van der Waals surface area contributed by atoms with Crippen molar-refractivity contribution in [1.29, 1.82) is 0 Å². The zero-order valence-corrected chi connectivity index (χ0v) is 17.6. The number of carbonyl (C=O) groups is 1. The van der Waals surface area contributed by atoms with Gasteiger partial charge in [-0.15, -0.1) is 0 Å². The van der Waals surface area contributed by atoms with Gasteiger partial charge in [-0.2, -0.15) is 21.6 Å². The molecular formula is C18H20Cl2F3NO4S. The van der Waals surface area contributed by atoms with Crippen molar-refractivity contribution in [2.75, 3.05) is 6.54 Å². The number of rotatable bonds is 5. The Morgan fingerprint density at radius 1 is 1.07 bits per heavy atom. The van der Waals surface area contributed by atoms with E-state index in [9.17, 15) is 26.4 Å². The van der Waals surface area contributed by atoms with Crippen LogP contribution < -0.4 is 9.50 Å². The number of amides is 1. The molecule has 1 N–H and O–H groups in total. The summed E-state index contributed by atoms with van der Waals surface area (Å²) in [5, 5.41) is 2.78. The molecule has 2 fully saturated rings. The number of halogens is 5. The fourth-order valence-electron chi connectivity index (χ4n) is 4.32. The van der Waals surface area contributed by atoms with Crippen molar-refractivity contribution >= 4 is 39.2 Å². The van der Waals surface area contributed by atoms with Crippen LogP contribution in [-0.4, -0.2) is 26.4 Å². The van der Waals surface area contributed by atoms with Crippen LogP contribution >= 0.6 is 23.2 Å². The van der Waals surface area contributed by atoms with Gasteiger partial charge in [0.2, 0.25) is 5.91 Å². The first-order chi connectivity index (χ1) is 13.5. The fraction of sp³-hybridized carbons (Fsp3) is 0.611. The molecular weight excluding hydrogens is 454 g/mol. The molecule has 1 aliphatic carbocycles. The summed E-state index contributed by atoms with van der Waals surface area (Å²) in [5.41, 5.74) is -5.11. The highest BCUT2D eigenvalue weighted by Crippen LogP contribution is 2.48. The Labute approximate surface area is 177 Å². The predicted molar refractivity (Wildman–Crippen MR) is 102 cm³/mol. The first kappa shape index (κ1) is 22.5. The molecule has 162 valence electrons. The Morgan fingerprint density at radius 2 is 1.66 bits per heavy atom. The highest BCUT2D eigenvalue weighted by atomic mass is 35.5. The molecule has 11 heteroatoms. The lowest BCUT2D eigenvalue weighted by atomic mass is 9.70. The van der Waals surface area contributed by atoms with Gasteiger partial charge in [0.05, 0.1) is 0 Å². The molecule has 0 radical (unpaired) electrons. The van der Waals surface area contributed by atoms with E-state index in [-0.39, 0.29) is 33.7 Å². The lowest BCUT2D eigenvalue weighted by Crippen LogP contribution is -2.30. The minimum atomic E-state index is -5.84. The molecule has 0 bridgehead atoms. The van der Waals surface area contributed by atoms with Crippen molar-refractivity contribution in [3.05, 3.63) is 27.7 Å². The maximum Gasteiger partial charge on any atom is 0.534 e. The molecule has 2 atom stereocenters. The molecule has 1 saturated carbocycles. The Balaban J connectivity index is 1.99. The minimum Gasteiger partial charge on any atom is -0.376 e. The van der Waals surface area contributed by atoms with E-state index in [0.29, 0.717) is 18.5 Å². The van der Waals surface area contributed by atoms with E-state index in [1.54, 1.807) is 0 Å². The minimum absolute atomic E-state index is 0.0138. The smallest absolute Gasteiger partial charge is 0.376 e. The first-order valence-electron chi connectivity index (χ1n) is 9.28. The average molecular weight is 474 g/mol. The molecule has 1 saturated heterocycles. The van der Waals surface area contributed by atoms with Crippen LogP contribution in [0.1, 0.15) is 50.0 Å². The molecule has 0 aromatic heterocycles. The summed E-state index contributed by atoms with van der Waals surface area (Å²) in [6.45, 7) is 0.535. The largest absolute Gasteiger partial charge is 0.534 e. The number of carbonyl (C=O) groups excluding carboxylic acids is 1. The zero-order chi connectivity index (χ0) is 21.4. The number of hydrogen-bond acceptors (Lipinski definition) is 4. The van der Waals surface area contributed by atoms with Crippen molar-refractivity contribution in [1.82, 2.24) is 5.32 Å². The van der Waals surface area contributed by atoms with E-state index in [4.69, 9.17) is 23.2 Å². The van der Waals surface area contributed by atoms with Crippen molar-refractivity contribution in [3.63, 3.8) is 0 Å². The van der Waals surface area contributed by atoms with E-state index in [2.05, 4.69) is 9.50 Å². The third-order valence-electron chi connectivity index (χ3n) is 5.56. The summed E-state index contributed by atoms with van der Waals surface area (Å²) in [6.07, 6.45) is 5.51. The van der Waals surface area contributed by atoms with Crippen LogP contribution in [0.25, 0.3) is 0 Å². The summed E-state index contributed by atoms with van der Waals surface area (Å²) in [6, 6.07) is 2.02. The molecule has 1 heterocycles. The number of alkyl halides is 3. The van der Waals surface area contributed by atoms with Gasteiger partial charge in [-0.3, -0.25) is 4.79 Å². The van der Waals surface area contributed by atoms with Gasteiger partial charge in [0.15, 0.2) is 0 Å². The zero-order valence-electron chi connectivity index (χ0n) is 15.3. The van der Waals surface area contributed by atoms with Gasteiger partial charge < -0.3 is 9.50 Å². The van der Waals surface area contributed by atoms with E-state index < -0.39 is 21.4 Å². The molecule has 3 rings (SSSR count). The van der Waals surface area contributed by atoms with E-state index in [1.807, 2.05) is 0 Å². The average Bonchev–Trinajstić information content (AvgIpc) is 3.03. The lowest BCUT2D eigenvalue weighted by molar-refractivity contribution is -0.123. The summed E-state index contributed by atoms with van der Waals surface area (Å²) < 4.78 is 64.5. The molecule has 1 aromatic carbocycles. The van der Waals surface area contributed by atoms with Crippen molar-refractivity contribution in [2.45, 2.75) is 50.0 Å². The topological polar surface area (TPSA) is 72.5 Å². The highest BCUT2D eigenvalue weighted by molar-refractivity contribution is 7.88. The summed E-state index contributed by atoms with van der Waals surface area (Å²) in [7, 11) is -5.84. The third-order valence-corrected chi connectivity index (χ3v) is 7.16. The van der Waals surface area contributed by atoms with E-state index >= 15 is 0 Å². The van der Waals surface area contributed by atoms with Crippen LogP contribution in [0, 0.1) is 11.8 Å². The molecule has 0 spiro atoms. The molecule has 1 aromatic rings. The SMILES string of the molecule is O=C1NCCC1C(c1c(Cl)cc(OS(=O)(=O)C(F)(F)F)cc1Cl)C1CCCCC1. The van der Waals surface area contributed by atoms with Crippen molar-refractivity contribution in [3.8, 4) is 5.75 Å². The van der Waals surface area contributed by atoms with Crippen LogP contribution in [0.5, 0.6) is 5.75 Å².